The minimum Gasteiger partial charge on any atom is -0.317 e. The second-order valence-corrected chi connectivity index (χ2v) is 6.71. The fourth-order valence-electron chi connectivity index (χ4n) is 1.96. The molecule has 0 radical (unpaired) electrons. The van der Waals surface area contributed by atoms with Crippen molar-refractivity contribution in [2.45, 2.75) is 26.7 Å². The zero-order valence-electron chi connectivity index (χ0n) is 13.2. The predicted octanol–water partition coefficient (Wildman–Crippen LogP) is 4.40. The van der Waals surface area contributed by atoms with Gasteiger partial charge >= 0.3 is 0 Å². The molecule has 0 aliphatic heterocycles. The smallest absolute Gasteiger partial charge is 0.257 e. The highest BCUT2D eigenvalue weighted by atomic mass is 79.9. The molecule has 0 aliphatic rings. The van der Waals surface area contributed by atoms with E-state index in [2.05, 4.69) is 45.4 Å². The van der Waals surface area contributed by atoms with Gasteiger partial charge in [-0.15, -0.1) is 0 Å². The zero-order chi connectivity index (χ0) is 17.0. The maximum Gasteiger partial charge on any atom is 0.257 e. The molecule has 0 saturated heterocycles. The number of carbonyl (C=O) groups excluding carboxylic acids is 1. The molecule has 4 nitrogen and oxygen atoms in total. The van der Waals surface area contributed by atoms with Crippen LogP contribution in [0.1, 0.15) is 41.4 Å². The van der Waals surface area contributed by atoms with Gasteiger partial charge in [-0.2, -0.15) is 0 Å². The Kier molecular flexibility index (Phi) is 5.85. The number of nitrogens with zero attached hydrogens (tertiary/aromatic N) is 1. The van der Waals surface area contributed by atoms with Gasteiger partial charge in [0.1, 0.15) is 5.82 Å². The second-order valence-electron chi connectivity index (χ2n) is 5.45. The van der Waals surface area contributed by atoms with E-state index in [0.717, 1.165) is 10.2 Å². The second kappa shape index (κ2) is 7.66. The summed E-state index contributed by atoms with van der Waals surface area (Å²) in [7, 11) is 0. The molecule has 1 amide bonds. The van der Waals surface area contributed by atoms with Gasteiger partial charge < -0.3 is 5.32 Å². The van der Waals surface area contributed by atoms with E-state index >= 15 is 0 Å². The monoisotopic (exact) mass is 391 g/mol. The van der Waals surface area contributed by atoms with Crippen LogP contribution >= 0.6 is 28.1 Å². The van der Waals surface area contributed by atoms with Crippen LogP contribution in [0.4, 0.5) is 5.82 Å². The Labute approximate surface area is 149 Å². The number of carbonyl (C=O) groups is 1. The molecule has 0 aliphatic carbocycles. The molecule has 2 rings (SSSR count). The molecule has 1 heterocycles. The van der Waals surface area contributed by atoms with Gasteiger partial charge in [0.05, 0.1) is 5.69 Å². The standard InChI is InChI=1S/C17H18BrN3OS/c1-10(2)12-4-6-13(7-5-12)16(22)21-17(23)20-15-9-8-14(18)11(3)19-15/h4-10H,1-3H3,(H2,19,20,21,22,23). The molecule has 1 aromatic carbocycles. The van der Waals surface area contributed by atoms with Crippen molar-refractivity contribution in [2.24, 2.45) is 0 Å². The number of halogens is 1. The molecule has 0 saturated carbocycles. The molecule has 120 valence electrons. The van der Waals surface area contributed by atoms with Gasteiger partial charge in [0.2, 0.25) is 0 Å². The van der Waals surface area contributed by atoms with Gasteiger partial charge in [0.15, 0.2) is 5.11 Å². The summed E-state index contributed by atoms with van der Waals surface area (Å²) in [6.45, 7) is 6.11. The number of hydrogen-bond acceptors (Lipinski definition) is 3. The molecule has 2 aromatic rings. The third-order valence-corrected chi connectivity index (χ3v) is 4.37. The summed E-state index contributed by atoms with van der Waals surface area (Å²) in [5.41, 5.74) is 2.60. The Morgan fingerprint density at radius 3 is 2.39 bits per heavy atom. The summed E-state index contributed by atoms with van der Waals surface area (Å²) in [6, 6.07) is 11.2. The van der Waals surface area contributed by atoms with Gasteiger partial charge in [-0.3, -0.25) is 10.1 Å². The van der Waals surface area contributed by atoms with E-state index in [1.165, 1.54) is 5.56 Å². The number of pyridine rings is 1. The van der Waals surface area contributed by atoms with E-state index in [9.17, 15) is 4.79 Å². The third-order valence-electron chi connectivity index (χ3n) is 3.33. The fraction of sp³-hybridized carbons (Fsp3) is 0.235. The first-order chi connectivity index (χ1) is 10.9. The average molecular weight is 392 g/mol. The molecule has 6 heteroatoms. The number of amides is 1. The van der Waals surface area contributed by atoms with Crippen LogP contribution in [0, 0.1) is 6.92 Å². The highest BCUT2D eigenvalue weighted by molar-refractivity contribution is 9.10. The number of nitrogens with one attached hydrogen (secondary N) is 2. The third kappa shape index (κ3) is 4.84. The summed E-state index contributed by atoms with van der Waals surface area (Å²) in [4.78, 5) is 16.5. The molecule has 23 heavy (non-hydrogen) atoms. The Morgan fingerprint density at radius 1 is 1.17 bits per heavy atom. The summed E-state index contributed by atoms with van der Waals surface area (Å²) in [6.07, 6.45) is 0. The molecule has 0 spiro atoms. The first kappa shape index (κ1) is 17.6. The van der Waals surface area contributed by atoms with Crippen molar-refractivity contribution in [3.8, 4) is 0 Å². The number of aryl methyl sites for hydroxylation is 1. The van der Waals surface area contributed by atoms with E-state index in [0.29, 0.717) is 17.3 Å². The maximum atomic E-state index is 12.2. The number of benzene rings is 1. The van der Waals surface area contributed by atoms with E-state index in [-0.39, 0.29) is 11.0 Å². The Bertz CT molecular complexity index is 729. The van der Waals surface area contributed by atoms with Crippen LogP contribution in [0.2, 0.25) is 0 Å². The minimum atomic E-state index is -0.244. The maximum absolute atomic E-state index is 12.2. The molecule has 0 atom stereocenters. The number of anilines is 1. The van der Waals surface area contributed by atoms with E-state index < -0.39 is 0 Å². The van der Waals surface area contributed by atoms with Gasteiger partial charge in [0, 0.05) is 10.0 Å². The van der Waals surface area contributed by atoms with Gasteiger partial charge in [0.25, 0.3) is 5.91 Å². The van der Waals surface area contributed by atoms with Crippen LogP contribution in [-0.4, -0.2) is 16.0 Å². The van der Waals surface area contributed by atoms with Crippen LogP contribution in [0.25, 0.3) is 0 Å². The van der Waals surface area contributed by atoms with Crippen molar-refractivity contribution < 1.29 is 4.79 Å². The van der Waals surface area contributed by atoms with Crippen LogP contribution in [0.5, 0.6) is 0 Å². The predicted molar refractivity (Wildman–Crippen MR) is 101 cm³/mol. The Hall–Kier alpha value is -1.79. The summed E-state index contributed by atoms with van der Waals surface area (Å²) < 4.78 is 0.920. The lowest BCUT2D eigenvalue weighted by molar-refractivity contribution is 0.0977. The van der Waals surface area contributed by atoms with Gasteiger partial charge in [-0.25, -0.2) is 4.98 Å². The molecule has 0 fully saturated rings. The SMILES string of the molecule is Cc1nc(NC(=S)NC(=O)c2ccc(C(C)C)cc2)ccc1Br. The molecular weight excluding hydrogens is 374 g/mol. The Balaban J connectivity index is 1.99. The largest absolute Gasteiger partial charge is 0.317 e. The first-order valence-electron chi connectivity index (χ1n) is 7.22. The van der Waals surface area contributed by atoms with Crippen LogP contribution in [-0.2, 0) is 0 Å². The fourth-order valence-corrected chi connectivity index (χ4v) is 2.37. The number of hydrogen-bond donors (Lipinski definition) is 2. The summed E-state index contributed by atoms with van der Waals surface area (Å²) >= 11 is 8.55. The van der Waals surface area contributed by atoms with Gasteiger partial charge in [-0.05, 0) is 70.8 Å². The molecule has 0 unspecified atom stereocenters. The quantitative estimate of drug-likeness (QED) is 0.761. The average Bonchev–Trinajstić information content (AvgIpc) is 2.51. The molecule has 2 N–H and O–H groups in total. The highest BCUT2D eigenvalue weighted by Crippen LogP contribution is 2.16. The normalized spacial score (nSPS) is 10.5. The van der Waals surface area contributed by atoms with Crippen molar-refractivity contribution in [3.63, 3.8) is 0 Å². The van der Waals surface area contributed by atoms with Crippen LogP contribution in [0.15, 0.2) is 40.9 Å². The summed E-state index contributed by atoms with van der Waals surface area (Å²) in [5.74, 6) is 0.777. The topological polar surface area (TPSA) is 54.0 Å². The number of aromatic nitrogens is 1. The Morgan fingerprint density at radius 2 is 1.83 bits per heavy atom. The van der Waals surface area contributed by atoms with Crippen molar-refractivity contribution in [1.82, 2.24) is 10.3 Å². The zero-order valence-corrected chi connectivity index (χ0v) is 15.6. The van der Waals surface area contributed by atoms with Crippen molar-refractivity contribution in [3.05, 3.63) is 57.7 Å². The lowest BCUT2D eigenvalue weighted by Gasteiger charge is -2.11. The van der Waals surface area contributed by atoms with Crippen molar-refractivity contribution in [1.29, 1.82) is 0 Å². The molecular formula is C17H18BrN3OS. The molecule has 0 bridgehead atoms. The van der Waals surface area contributed by atoms with Crippen LogP contribution in [0.3, 0.4) is 0 Å². The van der Waals surface area contributed by atoms with Crippen molar-refractivity contribution in [2.75, 3.05) is 5.32 Å². The van der Waals surface area contributed by atoms with Crippen LogP contribution < -0.4 is 10.6 Å². The minimum absolute atomic E-state index is 0.220. The lowest BCUT2D eigenvalue weighted by atomic mass is 10.0. The summed E-state index contributed by atoms with van der Waals surface area (Å²) in [5, 5.41) is 5.78. The molecule has 1 aromatic heterocycles. The first-order valence-corrected chi connectivity index (χ1v) is 8.42. The highest BCUT2D eigenvalue weighted by Gasteiger charge is 2.09. The van der Waals surface area contributed by atoms with Gasteiger partial charge in [-0.1, -0.05) is 26.0 Å². The van der Waals surface area contributed by atoms with E-state index in [1.54, 1.807) is 18.2 Å². The lowest BCUT2D eigenvalue weighted by Crippen LogP contribution is -2.34. The van der Waals surface area contributed by atoms with Crippen molar-refractivity contribution >= 4 is 45.0 Å². The number of rotatable bonds is 3. The van der Waals surface area contributed by atoms with E-state index in [1.807, 2.05) is 25.1 Å². The van der Waals surface area contributed by atoms with E-state index in [4.69, 9.17) is 12.2 Å². The number of thiocarbonyl (C=S) groups is 1.